The third-order valence-corrected chi connectivity index (χ3v) is 4.42. The Hall–Kier alpha value is -3.10. The fraction of sp³-hybridized carbons (Fsp3) is 0.294. The molecule has 3 heterocycles. The number of anilines is 2. The van der Waals surface area contributed by atoms with Crippen LogP contribution in [-0.4, -0.2) is 38.2 Å². The largest absolute Gasteiger partial charge is 0.357 e. The average Bonchev–Trinajstić information content (AvgIpc) is 3.04. The van der Waals surface area contributed by atoms with Gasteiger partial charge in [-0.25, -0.2) is 13.8 Å². The molecule has 2 aromatic heterocycles. The molecule has 1 amide bonds. The van der Waals surface area contributed by atoms with Crippen molar-refractivity contribution in [1.29, 1.82) is 0 Å². The van der Waals surface area contributed by atoms with Gasteiger partial charge in [-0.1, -0.05) is 0 Å². The summed E-state index contributed by atoms with van der Waals surface area (Å²) in [4.78, 5) is 22.8. The molecule has 0 aliphatic carbocycles. The number of hydrogen-bond donors (Lipinski definition) is 1. The third-order valence-electron chi connectivity index (χ3n) is 4.42. The van der Waals surface area contributed by atoms with Gasteiger partial charge in [-0.15, -0.1) is 0 Å². The summed E-state index contributed by atoms with van der Waals surface area (Å²) < 4.78 is 28.3. The number of aromatic nitrogens is 4. The number of aryl methyl sites for hydroxylation is 1. The molecule has 0 bridgehead atoms. The number of rotatable bonds is 3. The Labute approximate surface area is 147 Å². The Morgan fingerprint density at radius 3 is 2.73 bits per heavy atom. The lowest BCUT2D eigenvalue weighted by molar-refractivity contribution is -0.120. The number of nitrogens with one attached hydrogen (secondary N) is 1. The molecule has 1 fully saturated rings. The zero-order valence-corrected chi connectivity index (χ0v) is 14.0. The molecule has 0 unspecified atom stereocenters. The number of halogens is 2. The molecule has 134 valence electrons. The first-order valence-electron chi connectivity index (χ1n) is 8.20. The second kappa shape index (κ2) is 6.32. The molecule has 1 saturated heterocycles. The molecule has 1 aliphatic rings. The van der Waals surface area contributed by atoms with E-state index in [1.54, 1.807) is 28.9 Å². The van der Waals surface area contributed by atoms with Crippen molar-refractivity contribution in [1.82, 2.24) is 19.7 Å². The lowest BCUT2D eigenvalue weighted by Crippen LogP contribution is -2.48. The standard InChI is InChI=1S/C17H16F2N6O/c1-24-16(4-5-21-24)25-6-2-3-12(17(25)26)22-15-9-20-13-7-10(18)11(19)8-14(13)23-15/h4-5,7-9,12H,2-3,6H2,1H3,(H,22,23)/t12-/m0/s1. The molecular weight excluding hydrogens is 342 g/mol. The van der Waals surface area contributed by atoms with Crippen LogP contribution < -0.4 is 10.2 Å². The maximum absolute atomic E-state index is 13.4. The van der Waals surface area contributed by atoms with Gasteiger partial charge in [-0.05, 0) is 12.8 Å². The zero-order valence-electron chi connectivity index (χ0n) is 14.0. The summed E-state index contributed by atoms with van der Waals surface area (Å²) in [6.07, 6.45) is 4.51. The molecule has 1 N–H and O–H groups in total. The van der Waals surface area contributed by atoms with E-state index >= 15 is 0 Å². The molecule has 4 rings (SSSR count). The maximum atomic E-state index is 13.4. The van der Waals surface area contributed by atoms with Crippen molar-refractivity contribution in [3.05, 3.63) is 42.2 Å². The van der Waals surface area contributed by atoms with E-state index in [1.165, 1.54) is 6.20 Å². The molecule has 26 heavy (non-hydrogen) atoms. The predicted molar refractivity (Wildman–Crippen MR) is 91.7 cm³/mol. The van der Waals surface area contributed by atoms with Crippen molar-refractivity contribution in [3.8, 4) is 0 Å². The van der Waals surface area contributed by atoms with Gasteiger partial charge in [0, 0.05) is 31.8 Å². The highest BCUT2D eigenvalue weighted by Gasteiger charge is 2.31. The Morgan fingerprint density at radius 1 is 1.23 bits per heavy atom. The van der Waals surface area contributed by atoms with Gasteiger partial charge in [0.25, 0.3) is 5.91 Å². The summed E-state index contributed by atoms with van der Waals surface area (Å²) in [6, 6.07) is 3.30. The van der Waals surface area contributed by atoms with Gasteiger partial charge in [0.15, 0.2) is 11.6 Å². The summed E-state index contributed by atoms with van der Waals surface area (Å²) in [5.74, 6) is -0.980. The zero-order chi connectivity index (χ0) is 18.3. The summed E-state index contributed by atoms with van der Waals surface area (Å²) in [6.45, 7) is 0.616. The van der Waals surface area contributed by atoms with Crippen LogP contribution in [0.5, 0.6) is 0 Å². The predicted octanol–water partition coefficient (Wildman–Crippen LogP) is 2.25. The summed E-state index contributed by atoms with van der Waals surface area (Å²) >= 11 is 0. The highest BCUT2D eigenvalue weighted by Crippen LogP contribution is 2.23. The molecule has 1 atom stereocenters. The normalized spacial score (nSPS) is 17.7. The minimum Gasteiger partial charge on any atom is -0.357 e. The number of hydrogen-bond acceptors (Lipinski definition) is 5. The Morgan fingerprint density at radius 2 is 2.00 bits per heavy atom. The van der Waals surface area contributed by atoms with Crippen LogP contribution in [-0.2, 0) is 11.8 Å². The van der Waals surface area contributed by atoms with E-state index < -0.39 is 17.7 Å². The lowest BCUT2D eigenvalue weighted by atomic mass is 10.0. The summed E-state index contributed by atoms with van der Waals surface area (Å²) in [7, 11) is 1.78. The minimum absolute atomic E-state index is 0.0907. The van der Waals surface area contributed by atoms with Crippen molar-refractivity contribution in [2.75, 3.05) is 16.8 Å². The molecule has 0 radical (unpaired) electrons. The van der Waals surface area contributed by atoms with Gasteiger partial charge in [0.1, 0.15) is 17.7 Å². The van der Waals surface area contributed by atoms with Gasteiger partial charge < -0.3 is 5.32 Å². The van der Waals surface area contributed by atoms with Crippen molar-refractivity contribution in [3.63, 3.8) is 0 Å². The first-order chi connectivity index (χ1) is 12.5. The van der Waals surface area contributed by atoms with Crippen LogP contribution in [0.25, 0.3) is 11.0 Å². The molecule has 1 aromatic carbocycles. The van der Waals surface area contributed by atoms with E-state index in [1.807, 2.05) is 0 Å². The first-order valence-corrected chi connectivity index (χ1v) is 8.20. The topological polar surface area (TPSA) is 75.9 Å². The van der Waals surface area contributed by atoms with Gasteiger partial charge >= 0.3 is 0 Å². The molecule has 0 saturated carbocycles. The molecule has 3 aromatic rings. The molecule has 7 nitrogen and oxygen atoms in total. The Kier molecular flexibility index (Phi) is 3.98. The number of benzene rings is 1. The molecule has 1 aliphatic heterocycles. The molecular formula is C17H16F2N6O. The van der Waals surface area contributed by atoms with Crippen LogP contribution >= 0.6 is 0 Å². The fourth-order valence-corrected chi connectivity index (χ4v) is 3.12. The smallest absolute Gasteiger partial charge is 0.250 e. The molecule has 0 spiro atoms. The van der Waals surface area contributed by atoms with E-state index in [-0.39, 0.29) is 16.9 Å². The number of carbonyl (C=O) groups excluding carboxylic acids is 1. The van der Waals surface area contributed by atoms with Gasteiger partial charge in [-0.3, -0.25) is 19.4 Å². The van der Waals surface area contributed by atoms with Crippen LogP contribution in [0, 0.1) is 11.6 Å². The summed E-state index contributed by atoms with van der Waals surface area (Å²) in [5.41, 5.74) is 0.474. The van der Waals surface area contributed by atoms with Crippen LogP contribution in [0.3, 0.4) is 0 Å². The van der Waals surface area contributed by atoms with Gasteiger partial charge in [-0.2, -0.15) is 5.10 Å². The number of nitrogens with zero attached hydrogens (tertiary/aromatic N) is 5. The monoisotopic (exact) mass is 358 g/mol. The summed E-state index contributed by atoms with van der Waals surface area (Å²) in [5, 5.41) is 7.16. The third kappa shape index (κ3) is 2.85. The van der Waals surface area contributed by atoms with Crippen molar-refractivity contribution < 1.29 is 13.6 Å². The second-order valence-electron chi connectivity index (χ2n) is 6.15. The van der Waals surface area contributed by atoms with Gasteiger partial charge in [0.2, 0.25) is 0 Å². The van der Waals surface area contributed by atoms with Crippen LogP contribution in [0.1, 0.15) is 12.8 Å². The maximum Gasteiger partial charge on any atom is 0.250 e. The van der Waals surface area contributed by atoms with Crippen LogP contribution in [0.2, 0.25) is 0 Å². The van der Waals surface area contributed by atoms with Crippen molar-refractivity contribution >= 4 is 28.6 Å². The van der Waals surface area contributed by atoms with E-state index in [0.717, 1.165) is 24.4 Å². The highest BCUT2D eigenvalue weighted by molar-refractivity contribution is 5.98. The second-order valence-corrected chi connectivity index (χ2v) is 6.15. The van der Waals surface area contributed by atoms with Crippen molar-refractivity contribution in [2.24, 2.45) is 7.05 Å². The fourth-order valence-electron chi connectivity index (χ4n) is 3.12. The number of fused-ring (bicyclic) bond motifs is 1. The van der Waals surface area contributed by atoms with Gasteiger partial charge in [0.05, 0.1) is 23.4 Å². The van der Waals surface area contributed by atoms with Crippen LogP contribution in [0.4, 0.5) is 20.4 Å². The number of carbonyl (C=O) groups is 1. The Bertz CT molecular complexity index is 989. The highest BCUT2D eigenvalue weighted by atomic mass is 19.2. The first kappa shape index (κ1) is 16.4. The number of amides is 1. The lowest BCUT2D eigenvalue weighted by Gasteiger charge is -2.32. The van der Waals surface area contributed by atoms with E-state index in [4.69, 9.17) is 0 Å². The van der Waals surface area contributed by atoms with E-state index in [0.29, 0.717) is 18.8 Å². The molecule has 9 heteroatoms. The minimum atomic E-state index is -0.986. The van der Waals surface area contributed by atoms with E-state index in [2.05, 4.69) is 20.4 Å². The Balaban J connectivity index is 1.58. The van der Waals surface area contributed by atoms with Crippen molar-refractivity contribution in [2.45, 2.75) is 18.9 Å². The van der Waals surface area contributed by atoms with Crippen LogP contribution in [0.15, 0.2) is 30.6 Å². The van der Waals surface area contributed by atoms with E-state index in [9.17, 15) is 13.6 Å². The number of piperidine rings is 1. The average molecular weight is 358 g/mol. The quantitative estimate of drug-likeness (QED) is 0.777. The SMILES string of the molecule is Cn1nccc1N1CCC[C@H](Nc2cnc3cc(F)c(F)cc3n2)C1=O.